The Morgan fingerprint density at radius 2 is 1.84 bits per heavy atom. The highest BCUT2D eigenvalue weighted by molar-refractivity contribution is 7.12. The van der Waals surface area contributed by atoms with Crippen molar-refractivity contribution in [3.63, 3.8) is 0 Å². The van der Waals surface area contributed by atoms with Gasteiger partial charge in [0, 0.05) is 31.1 Å². The summed E-state index contributed by atoms with van der Waals surface area (Å²) in [6.07, 6.45) is 0. The van der Waals surface area contributed by atoms with Gasteiger partial charge in [0.2, 0.25) is 0 Å². The van der Waals surface area contributed by atoms with E-state index >= 15 is 0 Å². The summed E-state index contributed by atoms with van der Waals surface area (Å²) in [6, 6.07) is 16.3. The topological polar surface area (TPSA) is 72.7 Å². The summed E-state index contributed by atoms with van der Waals surface area (Å²) in [5, 5.41) is 15.6. The van der Waals surface area contributed by atoms with Crippen molar-refractivity contribution in [2.24, 2.45) is 0 Å². The van der Waals surface area contributed by atoms with Crippen molar-refractivity contribution in [2.45, 2.75) is 13.2 Å². The van der Waals surface area contributed by atoms with Crippen molar-refractivity contribution in [1.29, 1.82) is 5.26 Å². The molecule has 0 unspecified atom stereocenters. The third-order valence-electron chi connectivity index (χ3n) is 4.93. The van der Waals surface area contributed by atoms with Crippen LogP contribution in [0.2, 0.25) is 0 Å². The first-order chi connectivity index (χ1) is 15.3. The number of hydrogen-bond donors (Lipinski definition) is 1. The molecule has 1 aromatic heterocycles. The number of thiophene rings is 1. The highest BCUT2D eigenvalue weighted by atomic mass is 32.1. The maximum Gasteiger partial charge on any atom is 0.192 e. The summed E-state index contributed by atoms with van der Waals surface area (Å²) >= 11 is 1.43. The Morgan fingerprint density at radius 3 is 2.61 bits per heavy atom. The highest BCUT2D eigenvalue weighted by Crippen LogP contribution is 2.40. The molecule has 0 bridgehead atoms. The van der Waals surface area contributed by atoms with Gasteiger partial charge in [0.15, 0.2) is 16.6 Å². The molecule has 1 N–H and O–H groups in total. The van der Waals surface area contributed by atoms with E-state index in [-0.39, 0.29) is 0 Å². The van der Waals surface area contributed by atoms with Crippen molar-refractivity contribution in [2.75, 3.05) is 33.5 Å². The van der Waals surface area contributed by atoms with E-state index < -0.39 is 0 Å². The van der Waals surface area contributed by atoms with Crippen LogP contribution in [0.4, 0.5) is 0 Å². The Labute approximate surface area is 185 Å². The van der Waals surface area contributed by atoms with Gasteiger partial charge in [-0.15, -0.1) is 11.3 Å². The predicted octanol–water partition coefficient (Wildman–Crippen LogP) is 4.37. The number of hydrogen-bond acceptors (Lipinski definition) is 7. The first-order valence-corrected chi connectivity index (χ1v) is 11.0. The molecule has 2 aromatic carbocycles. The van der Waals surface area contributed by atoms with Crippen molar-refractivity contribution < 1.29 is 18.9 Å². The molecule has 0 amide bonds. The second-order valence-corrected chi connectivity index (χ2v) is 7.90. The number of rotatable bonds is 9. The van der Waals surface area contributed by atoms with E-state index in [2.05, 4.69) is 35.7 Å². The number of nitrogens with zero attached hydrogens (tertiary/aromatic N) is 1. The molecule has 6 nitrogen and oxygen atoms in total. The van der Waals surface area contributed by atoms with Gasteiger partial charge in [-0.2, -0.15) is 5.26 Å². The molecule has 0 fully saturated rings. The Kier molecular flexibility index (Phi) is 7.05. The monoisotopic (exact) mass is 436 g/mol. The van der Waals surface area contributed by atoms with Gasteiger partial charge in [0.05, 0.1) is 6.61 Å². The molecule has 4 rings (SSSR count). The number of methoxy groups -OCH3 is 1. The predicted molar refractivity (Wildman–Crippen MR) is 120 cm³/mol. The fraction of sp³-hybridized carbons (Fsp3) is 0.292. The zero-order chi connectivity index (χ0) is 21.5. The summed E-state index contributed by atoms with van der Waals surface area (Å²) in [7, 11) is 1.70. The average Bonchev–Trinajstić information content (AvgIpc) is 3.24. The zero-order valence-electron chi connectivity index (χ0n) is 17.3. The molecule has 0 aliphatic carbocycles. The molecule has 2 heterocycles. The Bertz CT molecular complexity index is 1060. The Balaban J connectivity index is 1.41. The molecule has 31 heavy (non-hydrogen) atoms. The van der Waals surface area contributed by atoms with Crippen molar-refractivity contribution in [3.8, 4) is 33.8 Å². The van der Waals surface area contributed by atoms with E-state index in [0.717, 1.165) is 35.5 Å². The Morgan fingerprint density at radius 1 is 1.06 bits per heavy atom. The van der Waals surface area contributed by atoms with Gasteiger partial charge in [-0.05, 0) is 28.8 Å². The van der Waals surface area contributed by atoms with Crippen LogP contribution >= 0.6 is 11.3 Å². The summed E-state index contributed by atoms with van der Waals surface area (Å²) in [5.41, 5.74) is 4.56. The fourth-order valence-electron chi connectivity index (χ4n) is 3.28. The first kappa shape index (κ1) is 21.2. The van der Waals surface area contributed by atoms with E-state index in [1.165, 1.54) is 16.9 Å². The molecule has 0 radical (unpaired) electrons. The molecular formula is C24H24N2O4S. The quantitative estimate of drug-likeness (QED) is 0.502. The van der Waals surface area contributed by atoms with Crippen LogP contribution in [-0.4, -0.2) is 33.5 Å². The largest absolute Gasteiger partial charge is 0.486 e. The lowest BCUT2D eigenvalue weighted by molar-refractivity contribution is 0.171. The number of nitrogens with one attached hydrogen (secondary N) is 1. The van der Waals surface area contributed by atoms with Crippen molar-refractivity contribution in [3.05, 3.63) is 64.5 Å². The van der Waals surface area contributed by atoms with Crippen LogP contribution in [0.25, 0.3) is 11.1 Å². The lowest BCUT2D eigenvalue weighted by Gasteiger charge is -2.18. The molecule has 160 valence electrons. The van der Waals surface area contributed by atoms with E-state index in [1.807, 2.05) is 23.6 Å². The van der Waals surface area contributed by atoms with Crippen LogP contribution in [0.5, 0.6) is 16.6 Å². The maximum absolute atomic E-state index is 9.75. The molecule has 0 saturated heterocycles. The third kappa shape index (κ3) is 5.17. The summed E-state index contributed by atoms with van der Waals surface area (Å²) < 4.78 is 22.3. The lowest BCUT2D eigenvalue weighted by atomic mass is 10.0. The van der Waals surface area contributed by atoms with Crippen LogP contribution in [0, 0.1) is 11.3 Å². The standard InChI is InChI=1S/C24H24N2O4S/c1-27-9-8-26-14-17-2-4-18(5-3-17)15-30-24-20(13-25)21(16-31-24)19-6-7-22-23(12-19)29-11-10-28-22/h2-7,12,16,26H,8-11,14-15H2,1H3. The van der Waals surface area contributed by atoms with Gasteiger partial charge in [0.25, 0.3) is 0 Å². The second kappa shape index (κ2) is 10.3. The van der Waals surface area contributed by atoms with Gasteiger partial charge >= 0.3 is 0 Å². The number of ether oxygens (including phenoxy) is 4. The second-order valence-electron chi connectivity index (χ2n) is 7.06. The third-order valence-corrected chi connectivity index (χ3v) is 5.82. The maximum atomic E-state index is 9.75. The van der Waals surface area contributed by atoms with E-state index in [9.17, 15) is 5.26 Å². The van der Waals surface area contributed by atoms with E-state index in [4.69, 9.17) is 18.9 Å². The molecule has 1 aliphatic heterocycles. The molecule has 0 atom stereocenters. The molecule has 3 aromatic rings. The molecule has 1 aliphatic rings. The van der Waals surface area contributed by atoms with E-state index in [0.29, 0.717) is 42.8 Å². The highest BCUT2D eigenvalue weighted by Gasteiger charge is 2.18. The van der Waals surface area contributed by atoms with E-state index in [1.54, 1.807) is 7.11 Å². The van der Waals surface area contributed by atoms with Crippen LogP contribution in [-0.2, 0) is 17.9 Å². The molecular weight excluding hydrogens is 412 g/mol. The van der Waals surface area contributed by atoms with Gasteiger partial charge in [-0.1, -0.05) is 30.3 Å². The minimum absolute atomic E-state index is 0.410. The first-order valence-electron chi connectivity index (χ1n) is 10.1. The van der Waals surface area contributed by atoms with Gasteiger partial charge in [0.1, 0.15) is 31.5 Å². The van der Waals surface area contributed by atoms with Gasteiger partial charge < -0.3 is 24.3 Å². The van der Waals surface area contributed by atoms with Gasteiger partial charge in [-0.3, -0.25) is 0 Å². The van der Waals surface area contributed by atoms with Crippen LogP contribution in [0.3, 0.4) is 0 Å². The van der Waals surface area contributed by atoms with Gasteiger partial charge in [-0.25, -0.2) is 0 Å². The molecule has 7 heteroatoms. The molecule has 0 spiro atoms. The number of fused-ring (bicyclic) bond motifs is 1. The number of benzene rings is 2. The van der Waals surface area contributed by atoms with Crippen molar-refractivity contribution in [1.82, 2.24) is 5.32 Å². The average molecular weight is 437 g/mol. The van der Waals surface area contributed by atoms with Crippen LogP contribution < -0.4 is 19.5 Å². The zero-order valence-corrected chi connectivity index (χ0v) is 18.2. The SMILES string of the molecule is COCCNCc1ccc(COc2scc(-c3ccc4c(c3)OCCO4)c2C#N)cc1. The fourth-order valence-corrected chi connectivity index (χ4v) is 4.16. The minimum atomic E-state index is 0.410. The summed E-state index contributed by atoms with van der Waals surface area (Å²) in [6.45, 7) is 3.81. The lowest BCUT2D eigenvalue weighted by Crippen LogP contribution is -2.18. The minimum Gasteiger partial charge on any atom is -0.486 e. The summed E-state index contributed by atoms with van der Waals surface area (Å²) in [4.78, 5) is 0. The summed E-state index contributed by atoms with van der Waals surface area (Å²) in [5.74, 6) is 1.44. The molecule has 0 saturated carbocycles. The van der Waals surface area contributed by atoms with Crippen molar-refractivity contribution >= 4 is 11.3 Å². The normalized spacial score (nSPS) is 12.4. The Hall–Kier alpha value is -3.05. The number of nitriles is 1. The van der Waals surface area contributed by atoms with Crippen LogP contribution in [0.15, 0.2) is 47.8 Å². The van der Waals surface area contributed by atoms with Crippen LogP contribution in [0.1, 0.15) is 16.7 Å². The smallest absolute Gasteiger partial charge is 0.192 e.